The van der Waals surface area contributed by atoms with Crippen LogP contribution in [-0.2, 0) is 19.5 Å². The van der Waals surface area contributed by atoms with Crippen LogP contribution in [0.4, 0.5) is 0 Å². The van der Waals surface area contributed by atoms with Crippen LogP contribution in [0.1, 0.15) is 18.4 Å². The molecule has 0 radical (unpaired) electrons. The summed E-state index contributed by atoms with van der Waals surface area (Å²) in [6, 6.07) is 9.44. The molecule has 0 bridgehead atoms. The summed E-state index contributed by atoms with van der Waals surface area (Å²) in [7, 11) is -3.42. The molecule has 1 aromatic rings. The summed E-state index contributed by atoms with van der Waals surface area (Å²) >= 11 is 0. The molecule has 2 aliphatic rings. The van der Waals surface area contributed by atoms with E-state index in [4.69, 9.17) is 9.47 Å². The number of hydrogen-bond donors (Lipinski definition) is 0. The van der Waals surface area contributed by atoms with Crippen LogP contribution in [0.3, 0.4) is 0 Å². The van der Waals surface area contributed by atoms with Gasteiger partial charge >= 0.3 is 0 Å². The third-order valence-corrected chi connectivity index (χ3v) is 5.72. The number of hydrogen-bond acceptors (Lipinski definition) is 4. The lowest BCUT2D eigenvalue weighted by atomic mass is 9.93. The maximum Gasteiger partial charge on any atom is 0.236 e. The van der Waals surface area contributed by atoms with Gasteiger partial charge in [0.15, 0.2) is 0 Å². The van der Waals surface area contributed by atoms with Gasteiger partial charge in [0.05, 0.1) is 12.2 Å². The molecule has 3 rings (SSSR count). The summed E-state index contributed by atoms with van der Waals surface area (Å²) in [6.45, 7) is 2.53. The number of sulfonamides is 1. The van der Waals surface area contributed by atoms with Crippen molar-refractivity contribution in [3.05, 3.63) is 41.3 Å². The van der Waals surface area contributed by atoms with E-state index in [2.05, 4.69) is 0 Å². The van der Waals surface area contributed by atoms with E-state index in [1.165, 1.54) is 9.71 Å². The Kier molecular flexibility index (Phi) is 4.63. The van der Waals surface area contributed by atoms with Crippen molar-refractivity contribution in [3.63, 3.8) is 0 Å². The average Bonchev–Trinajstić information content (AvgIpc) is 2.55. The van der Waals surface area contributed by atoms with Gasteiger partial charge in [-0.2, -0.15) is 4.31 Å². The SMILES string of the molecule is O=S(=O)(C=Cc1ccccc1)N1CCOC2(CCOCC2)C1. The van der Waals surface area contributed by atoms with Gasteiger partial charge in [0.25, 0.3) is 0 Å². The summed E-state index contributed by atoms with van der Waals surface area (Å²) in [5.74, 6) is 0. The molecule has 120 valence electrons. The van der Waals surface area contributed by atoms with E-state index in [1.54, 1.807) is 6.08 Å². The molecule has 0 saturated carbocycles. The average molecular weight is 323 g/mol. The van der Waals surface area contributed by atoms with E-state index < -0.39 is 10.0 Å². The maximum atomic E-state index is 12.5. The zero-order chi connectivity index (χ0) is 15.5. The lowest BCUT2D eigenvalue weighted by molar-refractivity contribution is -0.139. The Morgan fingerprint density at radius 2 is 1.82 bits per heavy atom. The van der Waals surface area contributed by atoms with Crippen LogP contribution < -0.4 is 0 Å². The van der Waals surface area contributed by atoms with Gasteiger partial charge in [-0.05, 0) is 11.6 Å². The second kappa shape index (κ2) is 6.50. The minimum Gasteiger partial charge on any atom is -0.381 e. The first-order valence-electron chi connectivity index (χ1n) is 7.55. The number of nitrogens with zero attached hydrogens (tertiary/aromatic N) is 1. The van der Waals surface area contributed by atoms with Crippen molar-refractivity contribution < 1.29 is 17.9 Å². The lowest BCUT2D eigenvalue weighted by Gasteiger charge is -2.43. The van der Waals surface area contributed by atoms with Crippen LogP contribution in [0.2, 0.25) is 0 Å². The van der Waals surface area contributed by atoms with Crippen LogP contribution in [0, 0.1) is 0 Å². The van der Waals surface area contributed by atoms with Crippen LogP contribution in [0.15, 0.2) is 35.7 Å². The van der Waals surface area contributed by atoms with Gasteiger partial charge < -0.3 is 9.47 Å². The van der Waals surface area contributed by atoms with Gasteiger partial charge in [0.2, 0.25) is 10.0 Å². The molecule has 6 heteroatoms. The fourth-order valence-electron chi connectivity index (χ4n) is 2.89. The molecular formula is C16H21NO4S. The Balaban J connectivity index is 1.73. The van der Waals surface area contributed by atoms with Crippen molar-refractivity contribution in [2.75, 3.05) is 32.9 Å². The molecule has 0 aliphatic carbocycles. The smallest absolute Gasteiger partial charge is 0.236 e. The molecule has 1 aromatic carbocycles. The molecule has 2 aliphatic heterocycles. The van der Waals surface area contributed by atoms with Gasteiger partial charge in [-0.1, -0.05) is 30.3 Å². The zero-order valence-corrected chi connectivity index (χ0v) is 13.3. The summed E-state index contributed by atoms with van der Waals surface area (Å²) in [5.41, 5.74) is 0.504. The Hall–Kier alpha value is -1.21. The van der Waals surface area contributed by atoms with E-state index >= 15 is 0 Å². The van der Waals surface area contributed by atoms with Crippen molar-refractivity contribution in [1.82, 2.24) is 4.31 Å². The van der Waals surface area contributed by atoms with Gasteiger partial charge in [-0.15, -0.1) is 0 Å². The Morgan fingerprint density at radius 1 is 1.09 bits per heavy atom. The molecule has 1 spiro atoms. The lowest BCUT2D eigenvalue weighted by Crippen LogP contribution is -2.55. The molecule has 0 atom stereocenters. The van der Waals surface area contributed by atoms with Gasteiger partial charge in [0, 0.05) is 44.6 Å². The highest BCUT2D eigenvalue weighted by Gasteiger charge is 2.41. The topological polar surface area (TPSA) is 55.8 Å². The number of morpholine rings is 1. The fraction of sp³-hybridized carbons (Fsp3) is 0.500. The van der Waals surface area contributed by atoms with Crippen LogP contribution in [-0.4, -0.2) is 51.2 Å². The predicted octanol–water partition coefficient (Wildman–Crippen LogP) is 1.87. The molecule has 0 aromatic heterocycles. The van der Waals surface area contributed by atoms with Crippen LogP contribution >= 0.6 is 0 Å². The highest BCUT2D eigenvalue weighted by Crippen LogP contribution is 2.30. The number of benzene rings is 1. The van der Waals surface area contributed by atoms with Gasteiger partial charge in [0.1, 0.15) is 0 Å². The Labute approximate surface area is 131 Å². The number of rotatable bonds is 3. The second-order valence-electron chi connectivity index (χ2n) is 5.74. The highest BCUT2D eigenvalue weighted by molar-refractivity contribution is 7.92. The van der Waals surface area contributed by atoms with E-state index in [0.717, 1.165) is 18.4 Å². The van der Waals surface area contributed by atoms with E-state index in [0.29, 0.717) is 32.9 Å². The maximum absolute atomic E-state index is 12.5. The van der Waals surface area contributed by atoms with Gasteiger partial charge in [-0.25, -0.2) is 8.42 Å². The van der Waals surface area contributed by atoms with Crippen molar-refractivity contribution >= 4 is 16.1 Å². The summed E-state index contributed by atoms with van der Waals surface area (Å²) < 4.78 is 37.8. The first-order valence-corrected chi connectivity index (χ1v) is 9.05. The quantitative estimate of drug-likeness (QED) is 0.852. The monoisotopic (exact) mass is 323 g/mol. The highest BCUT2D eigenvalue weighted by atomic mass is 32.2. The van der Waals surface area contributed by atoms with E-state index in [-0.39, 0.29) is 5.60 Å². The first kappa shape index (κ1) is 15.7. The fourth-order valence-corrected chi connectivity index (χ4v) is 4.13. The van der Waals surface area contributed by atoms with Gasteiger partial charge in [-0.3, -0.25) is 0 Å². The largest absolute Gasteiger partial charge is 0.381 e. The van der Waals surface area contributed by atoms with Crippen molar-refractivity contribution in [3.8, 4) is 0 Å². The standard InChI is InChI=1S/C16H21NO4S/c18-22(19,13-6-15-4-2-1-3-5-15)17-9-12-21-16(14-17)7-10-20-11-8-16/h1-6,13H,7-12,14H2. The minimum atomic E-state index is -3.42. The Bertz CT molecular complexity index is 615. The Morgan fingerprint density at radius 3 is 2.55 bits per heavy atom. The van der Waals surface area contributed by atoms with Crippen molar-refractivity contribution in [2.24, 2.45) is 0 Å². The molecule has 2 heterocycles. The normalized spacial score (nSPS) is 23.1. The molecular weight excluding hydrogens is 302 g/mol. The third-order valence-electron chi connectivity index (χ3n) is 4.21. The zero-order valence-electron chi connectivity index (χ0n) is 12.5. The molecule has 0 unspecified atom stereocenters. The van der Waals surface area contributed by atoms with E-state index in [1.807, 2.05) is 30.3 Å². The molecule has 0 N–H and O–H groups in total. The minimum absolute atomic E-state index is 0.371. The third kappa shape index (κ3) is 3.57. The summed E-state index contributed by atoms with van der Waals surface area (Å²) in [4.78, 5) is 0. The van der Waals surface area contributed by atoms with Crippen LogP contribution in [0.25, 0.3) is 6.08 Å². The molecule has 22 heavy (non-hydrogen) atoms. The molecule has 2 saturated heterocycles. The molecule has 2 fully saturated rings. The first-order chi connectivity index (χ1) is 10.6. The second-order valence-corrected chi connectivity index (χ2v) is 7.55. The summed E-state index contributed by atoms with van der Waals surface area (Å²) in [5, 5.41) is 1.29. The molecule has 5 nitrogen and oxygen atoms in total. The van der Waals surface area contributed by atoms with Crippen molar-refractivity contribution in [1.29, 1.82) is 0 Å². The van der Waals surface area contributed by atoms with Crippen LogP contribution in [0.5, 0.6) is 0 Å². The predicted molar refractivity (Wildman–Crippen MR) is 84.7 cm³/mol. The summed E-state index contributed by atoms with van der Waals surface area (Å²) in [6.07, 6.45) is 3.14. The molecule has 0 amide bonds. The van der Waals surface area contributed by atoms with E-state index in [9.17, 15) is 8.42 Å². The number of ether oxygens (including phenoxy) is 2. The van der Waals surface area contributed by atoms with Crippen molar-refractivity contribution in [2.45, 2.75) is 18.4 Å².